The van der Waals surface area contributed by atoms with Gasteiger partial charge < -0.3 is 20.1 Å². The topological polar surface area (TPSA) is 76.7 Å². The Morgan fingerprint density at radius 3 is 1.32 bits per heavy atom. The number of nitrogens with one attached hydrogen (secondary N) is 2. The van der Waals surface area contributed by atoms with Gasteiger partial charge in [-0.05, 0) is 41.5 Å². The summed E-state index contributed by atoms with van der Waals surface area (Å²) >= 11 is 0. The Labute approximate surface area is 132 Å². The summed E-state index contributed by atoms with van der Waals surface area (Å²) in [7, 11) is 0. The van der Waals surface area contributed by atoms with E-state index >= 15 is 0 Å². The van der Waals surface area contributed by atoms with E-state index in [2.05, 4.69) is 10.6 Å². The smallest absolute Gasteiger partial charge is 0.335 e. The van der Waals surface area contributed by atoms with Crippen molar-refractivity contribution in [2.45, 2.75) is 41.5 Å². The molecule has 0 amide bonds. The van der Waals surface area contributed by atoms with E-state index in [1.165, 1.54) is 0 Å². The molecule has 0 aromatic carbocycles. The highest BCUT2D eigenvalue weighted by Crippen LogP contribution is 2.03. The first kappa shape index (κ1) is 20.0. The third-order valence-corrected chi connectivity index (χ3v) is 3.19. The van der Waals surface area contributed by atoms with Crippen molar-refractivity contribution in [3.05, 3.63) is 22.5 Å². The van der Waals surface area contributed by atoms with Gasteiger partial charge in [-0.1, -0.05) is 0 Å². The molecule has 126 valence electrons. The number of hydrogen-bond acceptors (Lipinski definition) is 6. The van der Waals surface area contributed by atoms with Gasteiger partial charge in [-0.15, -0.1) is 0 Å². The summed E-state index contributed by atoms with van der Waals surface area (Å²) in [4.78, 5) is 23.1. The van der Waals surface area contributed by atoms with Crippen LogP contribution < -0.4 is 10.6 Å². The van der Waals surface area contributed by atoms with Gasteiger partial charge >= 0.3 is 11.9 Å². The van der Waals surface area contributed by atoms with E-state index < -0.39 is 0 Å². The van der Waals surface area contributed by atoms with Crippen molar-refractivity contribution in [1.29, 1.82) is 0 Å². The molecular formula is C16H28N2O4. The second-order valence-corrected chi connectivity index (χ2v) is 4.79. The SMILES string of the molecule is CCOC(=O)/C(C)=C(/C)NCCN/C(C)=C(/C)C(=O)OCC. The minimum atomic E-state index is -0.310. The Hall–Kier alpha value is -1.98. The molecular weight excluding hydrogens is 284 g/mol. The molecule has 0 atom stereocenters. The second kappa shape index (κ2) is 10.7. The predicted octanol–water partition coefficient (Wildman–Crippen LogP) is 1.88. The third-order valence-electron chi connectivity index (χ3n) is 3.19. The van der Waals surface area contributed by atoms with E-state index in [-0.39, 0.29) is 11.9 Å². The van der Waals surface area contributed by atoms with Crippen molar-refractivity contribution < 1.29 is 19.1 Å². The Kier molecular flexibility index (Phi) is 9.74. The molecule has 0 aliphatic heterocycles. The monoisotopic (exact) mass is 312 g/mol. The van der Waals surface area contributed by atoms with E-state index in [1.807, 2.05) is 13.8 Å². The van der Waals surface area contributed by atoms with Crippen molar-refractivity contribution in [3.8, 4) is 0 Å². The average Bonchev–Trinajstić information content (AvgIpc) is 2.49. The number of rotatable bonds is 9. The number of hydrogen-bond donors (Lipinski definition) is 2. The third kappa shape index (κ3) is 7.15. The lowest BCUT2D eigenvalue weighted by Gasteiger charge is -2.13. The molecule has 0 aromatic rings. The second-order valence-electron chi connectivity index (χ2n) is 4.79. The zero-order valence-electron chi connectivity index (χ0n) is 14.5. The van der Waals surface area contributed by atoms with Gasteiger partial charge in [0.1, 0.15) is 0 Å². The fourth-order valence-electron chi connectivity index (χ4n) is 1.55. The summed E-state index contributed by atoms with van der Waals surface area (Å²) in [5.74, 6) is -0.621. The molecule has 0 bridgehead atoms. The molecule has 22 heavy (non-hydrogen) atoms. The van der Waals surface area contributed by atoms with Crippen LogP contribution in [0.3, 0.4) is 0 Å². The maximum absolute atomic E-state index is 11.6. The molecule has 0 aliphatic rings. The first-order chi connectivity index (χ1) is 10.3. The molecule has 0 aromatic heterocycles. The van der Waals surface area contributed by atoms with Gasteiger partial charge in [-0.25, -0.2) is 9.59 Å². The molecule has 0 radical (unpaired) electrons. The van der Waals surface area contributed by atoms with Crippen LogP contribution in [0.4, 0.5) is 0 Å². The number of carbonyl (C=O) groups excluding carboxylic acids is 2. The lowest BCUT2D eigenvalue weighted by atomic mass is 10.2. The van der Waals surface area contributed by atoms with E-state index in [0.29, 0.717) is 37.4 Å². The zero-order valence-corrected chi connectivity index (χ0v) is 14.5. The first-order valence-electron chi connectivity index (χ1n) is 7.52. The summed E-state index contributed by atoms with van der Waals surface area (Å²) in [6, 6.07) is 0. The Balaban J connectivity index is 4.32. The van der Waals surface area contributed by atoms with Gasteiger partial charge in [0.05, 0.1) is 24.4 Å². The van der Waals surface area contributed by atoms with Crippen LogP contribution in [-0.2, 0) is 19.1 Å². The van der Waals surface area contributed by atoms with Crippen LogP contribution in [0.15, 0.2) is 22.5 Å². The minimum Gasteiger partial charge on any atom is -0.463 e. The molecule has 6 nitrogen and oxygen atoms in total. The molecule has 0 spiro atoms. The van der Waals surface area contributed by atoms with Crippen LogP contribution in [0.2, 0.25) is 0 Å². The van der Waals surface area contributed by atoms with Gasteiger partial charge in [-0.2, -0.15) is 0 Å². The van der Waals surface area contributed by atoms with Crippen LogP contribution in [0.1, 0.15) is 41.5 Å². The van der Waals surface area contributed by atoms with E-state index in [1.54, 1.807) is 27.7 Å². The quantitative estimate of drug-likeness (QED) is 0.384. The Morgan fingerprint density at radius 2 is 1.05 bits per heavy atom. The fraction of sp³-hybridized carbons (Fsp3) is 0.625. The van der Waals surface area contributed by atoms with Gasteiger partial charge in [0.2, 0.25) is 0 Å². The van der Waals surface area contributed by atoms with Gasteiger partial charge in [-0.3, -0.25) is 0 Å². The predicted molar refractivity (Wildman–Crippen MR) is 86.0 cm³/mol. The summed E-state index contributed by atoms with van der Waals surface area (Å²) in [5, 5.41) is 6.30. The lowest BCUT2D eigenvalue weighted by molar-refractivity contribution is -0.139. The normalized spacial score (nSPS) is 12.8. The number of esters is 2. The van der Waals surface area contributed by atoms with Crippen molar-refractivity contribution >= 4 is 11.9 Å². The molecule has 0 saturated heterocycles. The average molecular weight is 312 g/mol. The van der Waals surface area contributed by atoms with Crippen molar-refractivity contribution in [3.63, 3.8) is 0 Å². The molecule has 0 fully saturated rings. The summed E-state index contributed by atoms with van der Waals surface area (Å²) < 4.78 is 9.88. The largest absolute Gasteiger partial charge is 0.463 e. The highest BCUT2D eigenvalue weighted by Gasteiger charge is 2.09. The highest BCUT2D eigenvalue weighted by molar-refractivity contribution is 5.88. The van der Waals surface area contributed by atoms with Crippen LogP contribution >= 0.6 is 0 Å². The van der Waals surface area contributed by atoms with E-state index in [4.69, 9.17) is 9.47 Å². The van der Waals surface area contributed by atoms with Crippen molar-refractivity contribution in [1.82, 2.24) is 10.6 Å². The Morgan fingerprint density at radius 1 is 0.727 bits per heavy atom. The molecule has 6 heteroatoms. The first-order valence-corrected chi connectivity index (χ1v) is 7.52. The maximum atomic E-state index is 11.6. The van der Waals surface area contributed by atoms with Crippen molar-refractivity contribution in [2.24, 2.45) is 0 Å². The molecule has 2 N–H and O–H groups in total. The maximum Gasteiger partial charge on any atom is 0.335 e. The van der Waals surface area contributed by atoms with Gasteiger partial charge in [0, 0.05) is 24.5 Å². The van der Waals surface area contributed by atoms with E-state index in [9.17, 15) is 9.59 Å². The number of allylic oxidation sites excluding steroid dienone is 2. The van der Waals surface area contributed by atoms with Gasteiger partial charge in [0.15, 0.2) is 0 Å². The minimum absolute atomic E-state index is 0.310. The number of carbonyl (C=O) groups is 2. The van der Waals surface area contributed by atoms with Crippen LogP contribution in [0.25, 0.3) is 0 Å². The van der Waals surface area contributed by atoms with Crippen LogP contribution in [-0.4, -0.2) is 38.2 Å². The number of ether oxygens (including phenoxy) is 2. The zero-order chi connectivity index (χ0) is 17.1. The molecule has 0 rings (SSSR count). The van der Waals surface area contributed by atoms with E-state index in [0.717, 1.165) is 11.4 Å². The lowest BCUT2D eigenvalue weighted by Crippen LogP contribution is -2.27. The molecule has 0 saturated carbocycles. The van der Waals surface area contributed by atoms with Crippen LogP contribution in [0.5, 0.6) is 0 Å². The molecule has 0 heterocycles. The fourth-order valence-corrected chi connectivity index (χ4v) is 1.55. The summed E-state index contributed by atoms with van der Waals surface area (Å²) in [5.41, 5.74) is 2.70. The standard InChI is InChI=1S/C16H28N2O4/c1-7-21-15(19)11(3)13(5)17-9-10-18-14(6)12(4)16(20)22-8-2/h17-18H,7-10H2,1-6H3/b13-11-,14-12-. The molecule has 0 aliphatic carbocycles. The van der Waals surface area contributed by atoms with Crippen molar-refractivity contribution in [2.75, 3.05) is 26.3 Å². The summed E-state index contributed by atoms with van der Waals surface area (Å²) in [6.45, 7) is 12.6. The van der Waals surface area contributed by atoms with Gasteiger partial charge in [0.25, 0.3) is 0 Å². The van der Waals surface area contributed by atoms with Crippen LogP contribution in [0, 0.1) is 0 Å². The molecule has 0 unspecified atom stereocenters. The highest BCUT2D eigenvalue weighted by atomic mass is 16.5. The Bertz CT molecular complexity index is 411. The summed E-state index contributed by atoms with van der Waals surface area (Å²) in [6.07, 6.45) is 0.